The lowest BCUT2D eigenvalue weighted by Crippen LogP contribution is -2.14. The lowest BCUT2D eigenvalue weighted by molar-refractivity contribution is -0.113. The quantitative estimate of drug-likeness (QED) is 0.560. The minimum atomic E-state index is -0.153. The Labute approximate surface area is 171 Å². The van der Waals surface area contributed by atoms with E-state index in [0.29, 0.717) is 23.4 Å². The Morgan fingerprint density at radius 3 is 2.75 bits per heavy atom. The van der Waals surface area contributed by atoms with Gasteiger partial charge in [-0.1, -0.05) is 35.2 Å². The molecular formula is C18H22N6O2S2. The fourth-order valence-corrected chi connectivity index (χ4v) is 3.92. The minimum absolute atomic E-state index is 0.153. The second kappa shape index (κ2) is 9.16. The van der Waals surface area contributed by atoms with Gasteiger partial charge in [-0.15, -0.1) is 20.4 Å². The first-order valence-corrected chi connectivity index (χ1v) is 10.6. The van der Waals surface area contributed by atoms with E-state index < -0.39 is 0 Å². The van der Waals surface area contributed by atoms with Gasteiger partial charge in [-0.05, 0) is 44.9 Å². The molecule has 0 bridgehead atoms. The second-order valence-corrected chi connectivity index (χ2v) is 8.29. The first-order valence-electron chi connectivity index (χ1n) is 8.81. The van der Waals surface area contributed by atoms with Crippen molar-refractivity contribution >= 4 is 34.1 Å². The molecule has 1 aromatic carbocycles. The number of thioether (sulfide) groups is 1. The molecule has 10 heteroatoms. The van der Waals surface area contributed by atoms with Crippen LogP contribution in [0.15, 0.2) is 23.4 Å². The molecule has 28 heavy (non-hydrogen) atoms. The Bertz CT molecular complexity index is 969. The van der Waals surface area contributed by atoms with Gasteiger partial charge in [0.1, 0.15) is 17.4 Å². The first-order chi connectivity index (χ1) is 13.5. The normalized spacial score (nSPS) is 10.9. The molecule has 1 N–H and O–H groups in total. The van der Waals surface area contributed by atoms with Gasteiger partial charge in [-0.2, -0.15) is 0 Å². The van der Waals surface area contributed by atoms with E-state index in [4.69, 9.17) is 4.74 Å². The van der Waals surface area contributed by atoms with Gasteiger partial charge in [0, 0.05) is 6.54 Å². The van der Waals surface area contributed by atoms with Crippen LogP contribution in [0, 0.1) is 20.8 Å². The molecular weight excluding hydrogens is 396 g/mol. The van der Waals surface area contributed by atoms with E-state index in [1.807, 2.05) is 44.4 Å². The zero-order valence-electron chi connectivity index (χ0n) is 16.2. The monoisotopic (exact) mass is 418 g/mol. The van der Waals surface area contributed by atoms with Gasteiger partial charge in [-0.25, -0.2) is 0 Å². The average molecular weight is 419 g/mol. The molecule has 0 aliphatic heterocycles. The Morgan fingerprint density at radius 1 is 1.21 bits per heavy atom. The molecule has 1 amide bonds. The van der Waals surface area contributed by atoms with E-state index >= 15 is 0 Å². The number of hydrogen-bond acceptors (Lipinski definition) is 8. The van der Waals surface area contributed by atoms with Crippen molar-refractivity contribution in [1.82, 2.24) is 25.0 Å². The second-order valence-electron chi connectivity index (χ2n) is 6.16. The number of aryl methyl sites for hydroxylation is 3. The third-order valence-electron chi connectivity index (χ3n) is 3.91. The van der Waals surface area contributed by atoms with Crippen LogP contribution in [-0.2, 0) is 17.9 Å². The average Bonchev–Trinajstić information content (AvgIpc) is 3.26. The summed E-state index contributed by atoms with van der Waals surface area (Å²) >= 11 is 2.68. The van der Waals surface area contributed by atoms with Crippen LogP contribution in [0.1, 0.15) is 28.9 Å². The fourth-order valence-electron chi connectivity index (χ4n) is 2.49. The number of nitrogens with one attached hydrogen (secondary N) is 1. The van der Waals surface area contributed by atoms with Crippen molar-refractivity contribution in [3.05, 3.63) is 40.2 Å². The molecule has 0 fully saturated rings. The standard InChI is InChI=1S/C18H22N6O2S2/c1-5-24-15(9-26-14-8-11(2)6-7-12(14)3)21-23-18(24)27-10-16(25)19-17-22-20-13(4)28-17/h6-8H,5,9-10H2,1-4H3,(H,19,22,25). The van der Waals surface area contributed by atoms with Crippen molar-refractivity contribution in [3.63, 3.8) is 0 Å². The third-order valence-corrected chi connectivity index (χ3v) is 5.64. The number of carbonyl (C=O) groups excluding carboxylic acids is 1. The van der Waals surface area contributed by atoms with Crippen molar-refractivity contribution in [2.45, 2.75) is 46.0 Å². The van der Waals surface area contributed by atoms with E-state index in [1.165, 1.54) is 23.1 Å². The molecule has 2 aromatic heterocycles. The summed E-state index contributed by atoms with van der Waals surface area (Å²) in [7, 11) is 0. The van der Waals surface area contributed by atoms with Crippen LogP contribution < -0.4 is 10.1 Å². The highest BCUT2D eigenvalue weighted by Gasteiger charge is 2.15. The third kappa shape index (κ3) is 5.08. The lowest BCUT2D eigenvalue weighted by Gasteiger charge is -2.11. The molecule has 0 unspecified atom stereocenters. The number of carbonyl (C=O) groups is 1. The maximum absolute atomic E-state index is 12.1. The number of rotatable bonds is 8. The molecule has 0 spiro atoms. The molecule has 0 atom stereocenters. The summed E-state index contributed by atoms with van der Waals surface area (Å²) in [6.45, 7) is 8.91. The zero-order valence-corrected chi connectivity index (χ0v) is 17.9. The topological polar surface area (TPSA) is 94.8 Å². The SMILES string of the molecule is CCn1c(COc2cc(C)ccc2C)nnc1SCC(=O)Nc1nnc(C)s1. The van der Waals surface area contributed by atoms with Gasteiger partial charge in [0.15, 0.2) is 11.0 Å². The summed E-state index contributed by atoms with van der Waals surface area (Å²) in [5, 5.41) is 21.0. The van der Waals surface area contributed by atoms with Crippen LogP contribution in [0.2, 0.25) is 0 Å². The lowest BCUT2D eigenvalue weighted by atomic mass is 10.1. The summed E-state index contributed by atoms with van der Waals surface area (Å²) in [5.74, 6) is 1.63. The van der Waals surface area contributed by atoms with Gasteiger partial charge in [0.25, 0.3) is 0 Å². The molecule has 0 saturated carbocycles. The predicted octanol–water partition coefficient (Wildman–Crippen LogP) is 3.38. The highest BCUT2D eigenvalue weighted by atomic mass is 32.2. The van der Waals surface area contributed by atoms with Crippen molar-refractivity contribution in [2.24, 2.45) is 0 Å². The minimum Gasteiger partial charge on any atom is -0.485 e. The molecule has 2 heterocycles. The predicted molar refractivity (Wildman–Crippen MR) is 110 cm³/mol. The molecule has 148 valence electrons. The van der Waals surface area contributed by atoms with E-state index in [9.17, 15) is 4.79 Å². The summed E-state index contributed by atoms with van der Waals surface area (Å²) in [6, 6.07) is 6.10. The van der Waals surface area contributed by atoms with E-state index in [0.717, 1.165) is 27.7 Å². The fraction of sp³-hybridized carbons (Fsp3) is 0.389. The smallest absolute Gasteiger partial charge is 0.236 e. The van der Waals surface area contributed by atoms with Crippen LogP contribution >= 0.6 is 23.1 Å². The largest absolute Gasteiger partial charge is 0.485 e. The first kappa shape index (κ1) is 20.3. The highest BCUT2D eigenvalue weighted by Crippen LogP contribution is 2.22. The molecule has 0 saturated heterocycles. The van der Waals surface area contributed by atoms with Crippen molar-refractivity contribution in [1.29, 1.82) is 0 Å². The summed E-state index contributed by atoms with van der Waals surface area (Å²) in [5.41, 5.74) is 2.22. The van der Waals surface area contributed by atoms with Gasteiger partial charge >= 0.3 is 0 Å². The number of hydrogen-bond donors (Lipinski definition) is 1. The van der Waals surface area contributed by atoms with E-state index in [1.54, 1.807) is 0 Å². The van der Waals surface area contributed by atoms with Gasteiger partial charge in [-0.3, -0.25) is 10.1 Å². The Hall–Kier alpha value is -2.46. The van der Waals surface area contributed by atoms with Crippen LogP contribution in [0.25, 0.3) is 0 Å². The number of amides is 1. The maximum Gasteiger partial charge on any atom is 0.236 e. The molecule has 3 rings (SSSR count). The highest BCUT2D eigenvalue weighted by molar-refractivity contribution is 7.99. The number of aromatic nitrogens is 5. The number of benzene rings is 1. The summed E-state index contributed by atoms with van der Waals surface area (Å²) < 4.78 is 7.90. The summed E-state index contributed by atoms with van der Waals surface area (Å²) in [6.07, 6.45) is 0. The van der Waals surface area contributed by atoms with E-state index in [-0.39, 0.29) is 11.7 Å². The zero-order chi connectivity index (χ0) is 20.1. The van der Waals surface area contributed by atoms with Crippen LogP contribution in [-0.4, -0.2) is 36.6 Å². The Balaban J connectivity index is 1.60. The van der Waals surface area contributed by atoms with Crippen molar-refractivity contribution in [3.8, 4) is 5.75 Å². The Kier molecular flexibility index (Phi) is 6.63. The van der Waals surface area contributed by atoms with Crippen molar-refractivity contribution < 1.29 is 9.53 Å². The molecule has 0 radical (unpaired) electrons. The van der Waals surface area contributed by atoms with Gasteiger partial charge in [0.2, 0.25) is 11.0 Å². The molecule has 8 nitrogen and oxygen atoms in total. The van der Waals surface area contributed by atoms with Crippen molar-refractivity contribution in [2.75, 3.05) is 11.1 Å². The molecule has 3 aromatic rings. The number of nitrogens with zero attached hydrogens (tertiary/aromatic N) is 5. The van der Waals surface area contributed by atoms with Crippen LogP contribution in [0.4, 0.5) is 5.13 Å². The number of ether oxygens (including phenoxy) is 1. The Morgan fingerprint density at radius 2 is 2.04 bits per heavy atom. The van der Waals surface area contributed by atoms with Crippen LogP contribution in [0.3, 0.4) is 0 Å². The maximum atomic E-state index is 12.1. The van der Waals surface area contributed by atoms with E-state index in [2.05, 4.69) is 31.8 Å². The molecule has 0 aliphatic rings. The van der Waals surface area contributed by atoms with Gasteiger partial charge in [0.05, 0.1) is 5.75 Å². The summed E-state index contributed by atoms with van der Waals surface area (Å²) in [4.78, 5) is 12.1. The van der Waals surface area contributed by atoms with Crippen LogP contribution in [0.5, 0.6) is 5.75 Å². The van der Waals surface area contributed by atoms with Gasteiger partial charge < -0.3 is 9.30 Å². The molecule has 0 aliphatic carbocycles. The number of anilines is 1.